The second kappa shape index (κ2) is 15.4. The molecule has 2 aliphatic rings. The van der Waals surface area contributed by atoms with Crippen molar-refractivity contribution in [1.82, 2.24) is 0 Å². The van der Waals surface area contributed by atoms with Gasteiger partial charge in [0, 0.05) is 27.8 Å². The maximum Gasteiger partial charge on any atom is 0.0540 e. The van der Waals surface area contributed by atoms with Gasteiger partial charge in [0.05, 0.1) is 5.69 Å². The van der Waals surface area contributed by atoms with E-state index in [1.54, 1.807) is 0 Å². The number of para-hydroxylation sites is 1. The van der Waals surface area contributed by atoms with Crippen LogP contribution >= 0.6 is 0 Å². The van der Waals surface area contributed by atoms with Crippen molar-refractivity contribution in [3.05, 3.63) is 270 Å². The maximum atomic E-state index is 2.47. The molecule has 13 rings (SSSR count). The lowest BCUT2D eigenvalue weighted by molar-refractivity contribution is 0.662. The highest BCUT2D eigenvalue weighted by Gasteiger charge is 2.41. The van der Waals surface area contributed by atoms with Gasteiger partial charge in [0.1, 0.15) is 0 Å². The maximum absolute atomic E-state index is 2.47. The standard InChI is InChI=1S/C67H49N/c1-66(2)61-31-12-9-25-57(61)60-30-16-27-52(65(60)66)47-19-15-22-50(42-47)68(64-33-14-11-26-59(64)54-29-17-28-53-51-23-8-7-18-45(51)36-40-55(53)54)49-38-34-44(35-39-49)46-37-41-58-56-24-10-13-32-62(56)67(3,63(58)43-46)48-20-5-4-6-21-48/h4-43H,1-3H3. The molecule has 0 N–H and O–H groups in total. The smallest absolute Gasteiger partial charge is 0.0540 e. The topological polar surface area (TPSA) is 3.24 Å². The van der Waals surface area contributed by atoms with Crippen LogP contribution in [0, 0.1) is 0 Å². The van der Waals surface area contributed by atoms with Crippen molar-refractivity contribution in [3.8, 4) is 55.6 Å². The normalized spacial score (nSPS) is 15.2. The van der Waals surface area contributed by atoms with Crippen LogP contribution in [0.4, 0.5) is 17.1 Å². The molecule has 2 aliphatic carbocycles. The molecule has 0 saturated carbocycles. The Morgan fingerprint density at radius 3 is 1.75 bits per heavy atom. The molecule has 0 radical (unpaired) electrons. The highest BCUT2D eigenvalue weighted by molar-refractivity contribution is 6.13. The minimum absolute atomic E-state index is 0.141. The van der Waals surface area contributed by atoms with Gasteiger partial charge in [0.15, 0.2) is 0 Å². The van der Waals surface area contributed by atoms with Crippen LogP contribution in [-0.2, 0) is 10.8 Å². The Bertz CT molecular complexity index is 3780. The molecule has 0 heterocycles. The van der Waals surface area contributed by atoms with E-state index < -0.39 is 0 Å². The van der Waals surface area contributed by atoms with E-state index in [0.717, 1.165) is 17.1 Å². The molecule has 0 fully saturated rings. The van der Waals surface area contributed by atoms with Crippen molar-refractivity contribution in [2.24, 2.45) is 0 Å². The predicted octanol–water partition coefficient (Wildman–Crippen LogP) is 18.1. The van der Waals surface area contributed by atoms with E-state index >= 15 is 0 Å². The summed E-state index contributed by atoms with van der Waals surface area (Å²) in [6, 6.07) is 90.3. The van der Waals surface area contributed by atoms with Crippen LogP contribution in [-0.4, -0.2) is 0 Å². The molecule has 1 unspecified atom stereocenters. The molecule has 0 saturated heterocycles. The van der Waals surface area contributed by atoms with E-state index in [-0.39, 0.29) is 10.8 Å². The van der Waals surface area contributed by atoms with Crippen LogP contribution in [0.25, 0.3) is 77.2 Å². The zero-order valence-electron chi connectivity index (χ0n) is 38.5. The third-order valence-electron chi connectivity index (χ3n) is 15.3. The van der Waals surface area contributed by atoms with Crippen LogP contribution < -0.4 is 4.90 Å². The first-order valence-electron chi connectivity index (χ1n) is 23.9. The lowest BCUT2D eigenvalue weighted by Crippen LogP contribution is -2.22. The number of benzene rings is 11. The van der Waals surface area contributed by atoms with Crippen molar-refractivity contribution < 1.29 is 0 Å². The Labute approximate surface area is 399 Å². The van der Waals surface area contributed by atoms with Crippen LogP contribution in [0.3, 0.4) is 0 Å². The summed E-state index contributed by atoms with van der Waals surface area (Å²) in [5.41, 5.74) is 22.3. The number of fused-ring (bicyclic) bond motifs is 9. The number of hydrogen-bond acceptors (Lipinski definition) is 1. The summed E-state index contributed by atoms with van der Waals surface area (Å²) in [6.45, 7) is 7.15. The van der Waals surface area contributed by atoms with Crippen molar-refractivity contribution in [1.29, 1.82) is 0 Å². The summed E-state index contributed by atoms with van der Waals surface area (Å²) >= 11 is 0. The summed E-state index contributed by atoms with van der Waals surface area (Å²) in [4.78, 5) is 2.47. The fraction of sp³-hybridized carbons (Fsp3) is 0.0746. The summed E-state index contributed by atoms with van der Waals surface area (Å²) in [7, 11) is 0. The molecule has 0 aromatic heterocycles. The minimum Gasteiger partial charge on any atom is -0.310 e. The molecular weight excluding hydrogens is 819 g/mol. The fourth-order valence-corrected chi connectivity index (χ4v) is 12.1. The van der Waals surface area contributed by atoms with Gasteiger partial charge in [0.25, 0.3) is 0 Å². The van der Waals surface area contributed by atoms with Gasteiger partial charge < -0.3 is 4.90 Å². The molecular formula is C67H49N. The third-order valence-corrected chi connectivity index (χ3v) is 15.3. The Balaban J connectivity index is 0.971. The SMILES string of the molecule is CC1(C)c2ccccc2-c2cccc(-c3cccc(N(c4ccc(-c5ccc6c(c5)C(C)(c5ccccc5)c5ccccc5-6)cc4)c4ccccc4-c4cccc5c4ccc4ccccc45)c3)c21. The molecule has 0 amide bonds. The first-order chi connectivity index (χ1) is 33.4. The molecule has 1 atom stereocenters. The van der Waals surface area contributed by atoms with Gasteiger partial charge in [-0.2, -0.15) is 0 Å². The van der Waals surface area contributed by atoms with E-state index in [1.165, 1.54) is 105 Å². The van der Waals surface area contributed by atoms with Crippen LogP contribution in [0.15, 0.2) is 243 Å². The lowest BCUT2D eigenvalue weighted by atomic mass is 9.74. The van der Waals surface area contributed by atoms with Gasteiger partial charge in [-0.05, 0) is 143 Å². The Morgan fingerprint density at radius 1 is 0.309 bits per heavy atom. The number of nitrogens with zero attached hydrogens (tertiary/aromatic N) is 1. The Kier molecular flexibility index (Phi) is 9.07. The average molecular weight is 868 g/mol. The zero-order valence-corrected chi connectivity index (χ0v) is 38.5. The van der Waals surface area contributed by atoms with E-state index in [0.29, 0.717) is 0 Å². The molecule has 11 aromatic rings. The Morgan fingerprint density at radius 2 is 0.912 bits per heavy atom. The van der Waals surface area contributed by atoms with Gasteiger partial charge in [-0.1, -0.05) is 220 Å². The molecule has 0 spiro atoms. The Hall–Kier alpha value is -8.26. The molecule has 1 heteroatoms. The highest BCUT2D eigenvalue weighted by atomic mass is 15.1. The van der Waals surface area contributed by atoms with Crippen LogP contribution in [0.1, 0.15) is 48.6 Å². The van der Waals surface area contributed by atoms with Gasteiger partial charge in [-0.25, -0.2) is 0 Å². The summed E-state index contributed by atoms with van der Waals surface area (Å²) in [5, 5.41) is 5.02. The van der Waals surface area contributed by atoms with E-state index in [9.17, 15) is 0 Å². The number of hydrogen-bond donors (Lipinski definition) is 0. The molecule has 1 nitrogen and oxygen atoms in total. The lowest BCUT2D eigenvalue weighted by Gasteiger charge is -2.29. The van der Waals surface area contributed by atoms with Crippen LogP contribution in [0.2, 0.25) is 0 Å². The molecule has 322 valence electrons. The summed E-state index contributed by atoms with van der Waals surface area (Å²) in [6.07, 6.45) is 0. The summed E-state index contributed by atoms with van der Waals surface area (Å²) in [5.74, 6) is 0. The predicted molar refractivity (Wildman–Crippen MR) is 287 cm³/mol. The first kappa shape index (κ1) is 40.1. The fourth-order valence-electron chi connectivity index (χ4n) is 12.1. The van der Waals surface area contributed by atoms with Gasteiger partial charge >= 0.3 is 0 Å². The van der Waals surface area contributed by atoms with Crippen molar-refractivity contribution in [2.75, 3.05) is 4.90 Å². The average Bonchev–Trinajstić information content (AvgIpc) is 3.80. The van der Waals surface area contributed by atoms with Gasteiger partial charge in [-0.15, -0.1) is 0 Å². The first-order valence-corrected chi connectivity index (χ1v) is 23.9. The minimum atomic E-state index is -0.264. The van der Waals surface area contributed by atoms with E-state index in [1.807, 2.05) is 0 Å². The largest absolute Gasteiger partial charge is 0.310 e. The van der Waals surface area contributed by atoms with Crippen LogP contribution in [0.5, 0.6) is 0 Å². The zero-order chi connectivity index (χ0) is 45.6. The monoisotopic (exact) mass is 867 g/mol. The second-order valence-electron chi connectivity index (χ2n) is 19.3. The van der Waals surface area contributed by atoms with Crippen molar-refractivity contribution >= 4 is 38.6 Å². The second-order valence-corrected chi connectivity index (χ2v) is 19.3. The molecule has 0 bridgehead atoms. The third kappa shape index (κ3) is 6.02. The van der Waals surface area contributed by atoms with Crippen molar-refractivity contribution in [3.63, 3.8) is 0 Å². The summed E-state index contributed by atoms with van der Waals surface area (Å²) < 4.78 is 0. The quantitative estimate of drug-likeness (QED) is 0.144. The molecule has 11 aromatic carbocycles. The van der Waals surface area contributed by atoms with Crippen molar-refractivity contribution in [2.45, 2.75) is 31.6 Å². The number of rotatable bonds is 7. The van der Waals surface area contributed by atoms with Gasteiger partial charge in [0.2, 0.25) is 0 Å². The molecule has 0 aliphatic heterocycles. The number of anilines is 3. The van der Waals surface area contributed by atoms with Gasteiger partial charge in [-0.3, -0.25) is 0 Å². The van der Waals surface area contributed by atoms with E-state index in [2.05, 4.69) is 268 Å². The highest BCUT2D eigenvalue weighted by Crippen LogP contribution is 2.55. The van der Waals surface area contributed by atoms with E-state index in [4.69, 9.17) is 0 Å². The molecule has 68 heavy (non-hydrogen) atoms.